The number of esters is 2. The molecule has 0 aromatic carbocycles. The van der Waals surface area contributed by atoms with Gasteiger partial charge in [0.25, 0.3) is 0 Å². The minimum Gasteiger partial charge on any atom is -0.465 e. The summed E-state index contributed by atoms with van der Waals surface area (Å²) in [4.78, 5) is 24.4. The number of hydrogen-bond acceptors (Lipinski definition) is 4. The molecule has 0 aromatic heterocycles. The Labute approximate surface area is 173 Å². The van der Waals surface area contributed by atoms with Crippen LogP contribution < -0.4 is 0 Å². The van der Waals surface area contributed by atoms with Crippen LogP contribution in [0.25, 0.3) is 0 Å². The third-order valence-electron chi connectivity index (χ3n) is 5.73. The predicted octanol–water partition coefficient (Wildman–Crippen LogP) is 6.31. The van der Waals surface area contributed by atoms with Gasteiger partial charge >= 0.3 is 11.9 Å². The van der Waals surface area contributed by atoms with E-state index in [0.717, 1.165) is 63.2 Å². The second-order valence-corrected chi connectivity index (χ2v) is 9.37. The van der Waals surface area contributed by atoms with E-state index in [4.69, 9.17) is 9.47 Å². The molecule has 0 radical (unpaired) electrons. The summed E-state index contributed by atoms with van der Waals surface area (Å²) in [6.45, 7) is 10.0. The topological polar surface area (TPSA) is 52.6 Å². The molecular formula is C24H44O4. The Kier molecular flexibility index (Phi) is 13.3. The van der Waals surface area contributed by atoms with Gasteiger partial charge in [-0.1, -0.05) is 66.2 Å². The number of ether oxygens (including phenoxy) is 2. The molecule has 0 saturated heterocycles. The average Bonchev–Trinajstić information content (AvgIpc) is 2.66. The first-order valence-corrected chi connectivity index (χ1v) is 11.7. The average molecular weight is 397 g/mol. The second kappa shape index (κ2) is 14.9. The quantitative estimate of drug-likeness (QED) is 0.255. The zero-order valence-corrected chi connectivity index (χ0v) is 18.8. The Morgan fingerprint density at radius 2 is 1.00 bits per heavy atom. The van der Waals surface area contributed by atoms with Gasteiger partial charge in [0.15, 0.2) is 0 Å². The molecule has 1 aliphatic carbocycles. The molecule has 0 atom stereocenters. The van der Waals surface area contributed by atoms with Gasteiger partial charge in [0.2, 0.25) is 0 Å². The van der Waals surface area contributed by atoms with Crippen molar-refractivity contribution in [1.82, 2.24) is 0 Å². The molecule has 1 saturated carbocycles. The van der Waals surface area contributed by atoms with Crippen LogP contribution in [0, 0.1) is 23.7 Å². The van der Waals surface area contributed by atoms with E-state index in [9.17, 15) is 9.59 Å². The molecule has 0 aromatic rings. The fourth-order valence-electron chi connectivity index (χ4n) is 3.81. The van der Waals surface area contributed by atoms with Gasteiger partial charge in [0.05, 0.1) is 25.0 Å². The Morgan fingerprint density at radius 3 is 1.32 bits per heavy atom. The Bertz CT molecular complexity index is 382. The SMILES string of the molecule is CC(C)CCCCCOC(=O)[C@H]1CC[C@@H](C(=O)OCCCCCC(C)C)CC1. The molecule has 4 nitrogen and oxygen atoms in total. The van der Waals surface area contributed by atoms with E-state index in [1.807, 2.05) is 0 Å². The van der Waals surface area contributed by atoms with Crippen molar-refractivity contribution in [1.29, 1.82) is 0 Å². The van der Waals surface area contributed by atoms with Crippen molar-refractivity contribution in [3.05, 3.63) is 0 Å². The molecule has 0 amide bonds. The molecule has 0 bridgehead atoms. The van der Waals surface area contributed by atoms with Gasteiger partial charge in [-0.25, -0.2) is 0 Å². The molecule has 1 rings (SSSR count). The zero-order valence-electron chi connectivity index (χ0n) is 18.8. The van der Waals surface area contributed by atoms with Crippen molar-refractivity contribution >= 4 is 11.9 Å². The highest BCUT2D eigenvalue weighted by Gasteiger charge is 2.31. The summed E-state index contributed by atoms with van der Waals surface area (Å²) in [5, 5.41) is 0. The van der Waals surface area contributed by atoms with E-state index in [-0.39, 0.29) is 23.8 Å². The molecule has 0 spiro atoms. The van der Waals surface area contributed by atoms with E-state index < -0.39 is 0 Å². The minimum absolute atomic E-state index is 0.0317. The van der Waals surface area contributed by atoms with Crippen LogP contribution >= 0.6 is 0 Å². The molecule has 0 aliphatic heterocycles. The van der Waals surface area contributed by atoms with E-state index in [0.29, 0.717) is 13.2 Å². The lowest BCUT2D eigenvalue weighted by Crippen LogP contribution is -2.28. The summed E-state index contributed by atoms with van der Waals surface area (Å²) < 4.78 is 10.9. The van der Waals surface area contributed by atoms with E-state index >= 15 is 0 Å². The largest absolute Gasteiger partial charge is 0.465 e. The number of carbonyl (C=O) groups excluding carboxylic acids is 2. The molecule has 0 heterocycles. The first-order valence-electron chi connectivity index (χ1n) is 11.7. The lowest BCUT2D eigenvalue weighted by atomic mass is 9.82. The number of carbonyl (C=O) groups is 2. The lowest BCUT2D eigenvalue weighted by molar-refractivity contribution is -0.155. The fourth-order valence-corrected chi connectivity index (χ4v) is 3.81. The van der Waals surface area contributed by atoms with Gasteiger partial charge in [-0.2, -0.15) is 0 Å². The van der Waals surface area contributed by atoms with Crippen LogP contribution in [-0.2, 0) is 19.1 Å². The van der Waals surface area contributed by atoms with Gasteiger partial charge in [-0.15, -0.1) is 0 Å². The van der Waals surface area contributed by atoms with E-state index in [1.165, 1.54) is 25.7 Å². The van der Waals surface area contributed by atoms with Gasteiger partial charge < -0.3 is 9.47 Å². The highest BCUT2D eigenvalue weighted by molar-refractivity contribution is 5.75. The first-order chi connectivity index (χ1) is 13.4. The smallest absolute Gasteiger partial charge is 0.308 e. The minimum atomic E-state index is -0.0687. The monoisotopic (exact) mass is 396 g/mol. The highest BCUT2D eigenvalue weighted by Crippen LogP contribution is 2.30. The van der Waals surface area contributed by atoms with Crippen molar-refractivity contribution < 1.29 is 19.1 Å². The van der Waals surface area contributed by atoms with Crippen LogP contribution in [0.2, 0.25) is 0 Å². The van der Waals surface area contributed by atoms with Crippen molar-refractivity contribution in [2.75, 3.05) is 13.2 Å². The van der Waals surface area contributed by atoms with Crippen molar-refractivity contribution in [2.45, 2.75) is 105 Å². The number of hydrogen-bond donors (Lipinski definition) is 0. The summed E-state index contributed by atoms with van der Waals surface area (Å²) in [6, 6.07) is 0. The number of rotatable bonds is 14. The third-order valence-corrected chi connectivity index (χ3v) is 5.73. The van der Waals surface area contributed by atoms with Crippen molar-refractivity contribution in [3.63, 3.8) is 0 Å². The van der Waals surface area contributed by atoms with Crippen LogP contribution in [0.5, 0.6) is 0 Å². The molecule has 1 fully saturated rings. The predicted molar refractivity (Wildman–Crippen MR) is 114 cm³/mol. The Balaban J connectivity index is 2.07. The van der Waals surface area contributed by atoms with Crippen molar-refractivity contribution in [2.24, 2.45) is 23.7 Å². The highest BCUT2D eigenvalue weighted by atomic mass is 16.5. The fraction of sp³-hybridized carbons (Fsp3) is 0.917. The van der Waals surface area contributed by atoms with Gasteiger partial charge in [0.1, 0.15) is 0 Å². The van der Waals surface area contributed by atoms with Crippen LogP contribution in [0.4, 0.5) is 0 Å². The second-order valence-electron chi connectivity index (χ2n) is 9.37. The molecule has 1 aliphatic rings. The summed E-state index contributed by atoms with van der Waals surface area (Å²) in [5.74, 6) is 1.29. The maximum atomic E-state index is 12.2. The normalized spacial score (nSPS) is 19.8. The lowest BCUT2D eigenvalue weighted by Gasteiger charge is -2.26. The number of unbranched alkanes of at least 4 members (excludes halogenated alkanes) is 4. The van der Waals surface area contributed by atoms with Crippen LogP contribution in [0.1, 0.15) is 105 Å². The van der Waals surface area contributed by atoms with Gasteiger partial charge in [0, 0.05) is 0 Å². The summed E-state index contributed by atoms with van der Waals surface area (Å²) >= 11 is 0. The Morgan fingerprint density at radius 1 is 0.643 bits per heavy atom. The molecule has 0 N–H and O–H groups in total. The summed E-state index contributed by atoms with van der Waals surface area (Å²) in [5.41, 5.74) is 0. The molecule has 28 heavy (non-hydrogen) atoms. The maximum absolute atomic E-state index is 12.2. The standard InChI is InChI=1S/C24H44O4/c1-19(2)11-7-5-9-17-27-23(25)21-13-15-22(16-14-21)24(26)28-18-10-6-8-12-20(3)4/h19-22H,5-18H2,1-4H3/t21-,22+. The van der Waals surface area contributed by atoms with Gasteiger partial charge in [-0.3, -0.25) is 9.59 Å². The maximum Gasteiger partial charge on any atom is 0.308 e. The Hall–Kier alpha value is -1.06. The third kappa shape index (κ3) is 11.7. The summed E-state index contributed by atoms with van der Waals surface area (Å²) in [6.07, 6.45) is 12.1. The van der Waals surface area contributed by atoms with Crippen LogP contribution in [0.15, 0.2) is 0 Å². The van der Waals surface area contributed by atoms with E-state index in [2.05, 4.69) is 27.7 Å². The first kappa shape index (κ1) is 25.0. The van der Waals surface area contributed by atoms with Crippen LogP contribution in [0.3, 0.4) is 0 Å². The zero-order chi connectivity index (χ0) is 20.8. The van der Waals surface area contributed by atoms with Crippen molar-refractivity contribution in [3.8, 4) is 0 Å². The molecule has 4 heteroatoms. The van der Waals surface area contributed by atoms with E-state index in [1.54, 1.807) is 0 Å². The summed E-state index contributed by atoms with van der Waals surface area (Å²) in [7, 11) is 0. The molecule has 0 unspecified atom stereocenters. The van der Waals surface area contributed by atoms with Gasteiger partial charge in [-0.05, 0) is 50.4 Å². The molecular weight excluding hydrogens is 352 g/mol. The van der Waals surface area contributed by atoms with Crippen LogP contribution in [-0.4, -0.2) is 25.2 Å². The molecule has 164 valence electrons.